The Morgan fingerprint density at radius 2 is 2.00 bits per heavy atom. The van der Waals surface area contributed by atoms with Crippen molar-refractivity contribution in [2.75, 3.05) is 13.1 Å². The molecule has 23 heavy (non-hydrogen) atoms. The first kappa shape index (κ1) is 17.4. The van der Waals surface area contributed by atoms with E-state index in [1.165, 1.54) is 12.1 Å². The van der Waals surface area contributed by atoms with Crippen LogP contribution in [0.5, 0.6) is 0 Å². The van der Waals surface area contributed by atoms with Crippen LogP contribution in [0.2, 0.25) is 0 Å². The van der Waals surface area contributed by atoms with Gasteiger partial charge in [0.2, 0.25) is 15.9 Å². The molecule has 1 amide bonds. The number of hydrogen-bond donors (Lipinski definition) is 3. The van der Waals surface area contributed by atoms with Crippen molar-refractivity contribution in [1.82, 2.24) is 9.62 Å². The third kappa shape index (κ3) is 3.69. The summed E-state index contributed by atoms with van der Waals surface area (Å²) in [7, 11) is -3.80. The first-order valence-corrected chi connectivity index (χ1v) is 8.62. The third-order valence-electron chi connectivity index (χ3n) is 3.71. The van der Waals surface area contributed by atoms with Crippen LogP contribution in [0.1, 0.15) is 12.8 Å². The molecule has 1 heterocycles. The number of nitrogens with one attached hydrogen (secondary N) is 1. The fourth-order valence-electron chi connectivity index (χ4n) is 2.51. The SMILES string of the molecule is NC[C@H](NC(=O)[C@@H]1CCCN1S(=O)(=O)c1ccccc1)C(=O)O. The van der Waals surface area contributed by atoms with Crippen LogP contribution in [0.3, 0.4) is 0 Å². The van der Waals surface area contributed by atoms with E-state index in [1.54, 1.807) is 18.2 Å². The van der Waals surface area contributed by atoms with E-state index in [-0.39, 0.29) is 18.0 Å². The number of hydrogen-bond acceptors (Lipinski definition) is 5. The molecule has 1 aromatic carbocycles. The molecule has 2 rings (SSSR count). The molecule has 0 radical (unpaired) electrons. The van der Waals surface area contributed by atoms with E-state index in [0.29, 0.717) is 12.8 Å². The topological polar surface area (TPSA) is 130 Å². The highest BCUT2D eigenvalue weighted by Crippen LogP contribution is 2.26. The zero-order valence-electron chi connectivity index (χ0n) is 12.4. The second kappa shape index (κ2) is 7.07. The highest BCUT2D eigenvalue weighted by atomic mass is 32.2. The van der Waals surface area contributed by atoms with Gasteiger partial charge >= 0.3 is 5.97 Å². The summed E-state index contributed by atoms with van der Waals surface area (Å²) < 4.78 is 26.4. The van der Waals surface area contributed by atoms with Crippen LogP contribution in [-0.4, -0.2) is 54.9 Å². The lowest BCUT2D eigenvalue weighted by Crippen LogP contribution is -2.53. The monoisotopic (exact) mass is 341 g/mol. The number of carbonyl (C=O) groups is 2. The Labute approximate surface area is 134 Å². The van der Waals surface area contributed by atoms with Crippen molar-refractivity contribution in [3.63, 3.8) is 0 Å². The minimum atomic E-state index is -3.80. The average Bonchev–Trinajstić information content (AvgIpc) is 3.03. The van der Waals surface area contributed by atoms with Crippen molar-refractivity contribution < 1.29 is 23.1 Å². The number of rotatable bonds is 6. The lowest BCUT2D eigenvalue weighted by Gasteiger charge is -2.24. The van der Waals surface area contributed by atoms with Crippen LogP contribution < -0.4 is 11.1 Å². The summed E-state index contributed by atoms with van der Waals surface area (Å²) >= 11 is 0. The maximum atomic E-state index is 12.6. The lowest BCUT2D eigenvalue weighted by molar-refractivity contribution is -0.142. The molecule has 0 unspecified atom stereocenters. The predicted molar refractivity (Wildman–Crippen MR) is 82.0 cm³/mol. The van der Waals surface area contributed by atoms with Gasteiger partial charge in [-0.25, -0.2) is 13.2 Å². The van der Waals surface area contributed by atoms with Gasteiger partial charge in [0, 0.05) is 13.1 Å². The molecule has 8 nitrogen and oxygen atoms in total. The van der Waals surface area contributed by atoms with Crippen molar-refractivity contribution in [1.29, 1.82) is 0 Å². The first-order chi connectivity index (χ1) is 10.9. The average molecular weight is 341 g/mol. The van der Waals surface area contributed by atoms with E-state index in [4.69, 9.17) is 10.8 Å². The largest absolute Gasteiger partial charge is 0.480 e. The number of carbonyl (C=O) groups excluding carboxylic acids is 1. The van der Waals surface area contributed by atoms with Crippen LogP contribution in [0.4, 0.5) is 0 Å². The van der Waals surface area contributed by atoms with Crippen molar-refractivity contribution in [3.05, 3.63) is 30.3 Å². The highest BCUT2D eigenvalue weighted by molar-refractivity contribution is 7.89. The Balaban J connectivity index is 2.20. The van der Waals surface area contributed by atoms with E-state index >= 15 is 0 Å². The number of benzene rings is 1. The van der Waals surface area contributed by atoms with Crippen molar-refractivity contribution in [2.45, 2.75) is 29.8 Å². The number of carboxylic acids is 1. The van der Waals surface area contributed by atoms with Crippen LogP contribution in [0.25, 0.3) is 0 Å². The Morgan fingerprint density at radius 3 is 2.57 bits per heavy atom. The molecule has 0 aliphatic carbocycles. The molecule has 1 saturated heterocycles. The zero-order valence-corrected chi connectivity index (χ0v) is 13.2. The maximum Gasteiger partial charge on any atom is 0.327 e. The molecule has 0 saturated carbocycles. The van der Waals surface area contributed by atoms with Gasteiger partial charge in [-0.2, -0.15) is 4.31 Å². The fourth-order valence-corrected chi connectivity index (χ4v) is 4.18. The molecule has 0 bridgehead atoms. The summed E-state index contributed by atoms with van der Waals surface area (Å²) in [5.41, 5.74) is 5.30. The summed E-state index contributed by atoms with van der Waals surface area (Å²) in [4.78, 5) is 23.3. The van der Waals surface area contributed by atoms with Crippen molar-refractivity contribution in [3.8, 4) is 0 Å². The Morgan fingerprint density at radius 1 is 1.35 bits per heavy atom. The smallest absolute Gasteiger partial charge is 0.327 e. The summed E-state index contributed by atoms with van der Waals surface area (Å²) in [6, 6.07) is 5.68. The number of nitrogens with two attached hydrogens (primary N) is 1. The summed E-state index contributed by atoms with van der Waals surface area (Å²) in [6.07, 6.45) is 0.874. The molecule has 4 N–H and O–H groups in total. The fraction of sp³-hybridized carbons (Fsp3) is 0.429. The molecule has 2 atom stereocenters. The molecule has 0 aromatic heterocycles. The lowest BCUT2D eigenvalue weighted by atomic mass is 10.2. The third-order valence-corrected chi connectivity index (χ3v) is 5.63. The van der Waals surface area contributed by atoms with Crippen LogP contribution in [0, 0.1) is 0 Å². The Hall–Kier alpha value is -1.97. The second-order valence-electron chi connectivity index (χ2n) is 5.22. The number of aliphatic carboxylic acids is 1. The van der Waals surface area contributed by atoms with Crippen LogP contribution >= 0.6 is 0 Å². The van der Waals surface area contributed by atoms with E-state index in [0.717, 1.165) is 4.31 Å². The molecule has 1 fully saturated rings. The molecule has 1 aliphatic heterocycles. The predicted octanol–water partition coefficient (Wildman–Crippen LogP) is -0.632. The van der Waals surface area contributed by atoms with Crippen molar-refractivity contribution in [2.24, 2.45) is 5.73 Å². The minimum Gasteiger partial charge on any atom is -0.480 e. The number of carboxylic acid groups (broad SMARTS) is 1. The summed E-state index contributed by atoms with van der Waals surface area (Å²) in [5.74, 6) is -1.89. The Kier molecular flexibility index (Phi) is 5.34. The van der Waals surface area contributed by atoms with Gasteiger partial charge < -0.3 is 16.2 Å². The standard InChI is InChI=1S/C14H19N3O5S/c15-9-11(14(19)20)16-13(18)12-7-4-8-17(12)23(21,22)10-5-2-1-3-6-10/h1-3,5-6,11-12H,4,7-9,15H2,(H,16,18)(H,19,20)/t11-,12-/m0/s1. The maximum absolute atomic E-state index is 12.6. The molecule has 9 heteroatoms. The molecular formula is C14H19N3O5S. The molecular weight excluding hydrogens is 322 g/mol. The van der Waals surface area contributed by atoms with Gasteiger partial charge in [0.1, 0.15) is 12.1 Å². The summed E-state index contributed by atoms with van der Waals surface area (Å²) in [5, 5.41) is 11.2. The van der Waals surface area contributed by atoms with Gasteiger partial charge in [0.15, 0.2) is 0 Å². The zero-order chi connectivity index (χ0) is 17.0. The number of nitrogens with zero attached hydrogens (tertiary/aromatic N) is 1. The van der Waals surface area contributed by atoms with E-state index in [2.05, 4.69) is 5.32 Å². The summed E-state index contributed by atoms with van der Waals surface area (Å²) in [6.45, 7) is -0.0467. The number of sulfonamides is 1. The second-order valence-corrected chi connectivity index (χ2v) is 7.11. The highest BCUT2D eigenvalue weighted by Gasteiger charge is 2.40. The van der Waals surface area contributed by atoms with E-state index < -0.39 is 34.0 Å². The normalized spacial score (nSPS) is 20.1. The van der Waals surface area contributed by atoms with Gasteiger partial charge in [-0.05, 0) is 25.0 Å². The first-order valence-electron chi connectivity index (χ1n) is 7.18. The van der Waals surface area contributed by atoms with Crippen molar-refractivity contribution >= 4 is 21.9 Å². The van der Waals surface area contributed by atoms with Gasteiger partial charge in [0.05, 0.1) is 4.90 Å². The van der Waals surface area contributed by atoms with Gasteiger partial charge in [-0.3, -0.25) is 4.79 Å². The van der Waals surface area contributed by atoms with Crippen LogP contribution in [0.15, 0.2) is 35.2 Å². The molecule has 0 spiro atoms. The molecule has 1 aromatic rings. The van der Waals surface area contributed by atoms with Gasteiger partial charge in [-0.15, -0.1) is 0 Å². The van der Waals surface area contributed by atoms with Gasteiger partial charge in [0.25, 0.3) is 0 Å². The Bertz CT molecular complexity index is 677. The van der Waals surface area contributed by atoms with E-state index in [9.17, 15) is 18.0 Å². The quantitative estimate of drug-likeness (QED) is 0.631. The van der Waals surface area contributed by atoms with Crippen LogP contribution in [-0.2, 0) is 19.6 Å². The molecule has 1 aliphatic rings. The van der Waals surface area contributed by atoms with E-state index in [1.807, 2.05) is 0 Å². The molecule has 126 valence electrons. The van der Waals surface area contributed by atoms with Gasteiger partial charge in [-0.1, -0.05) is 18.2 Å². The number of amides is 1. The minimum absolute atomic E-state index is 0.105.